The summed E-state index contributed by atoms with van der Waals surface area (Å²) in [6.07, 6.45) is 3.03. The third-order valence-corrected chi connectivity index (χ3v) is 30.2. The van der Waals surface area contributed by atoms with Crippen LogP contribution in [-0.2, 0) is 52.2 Å². The molecule has 12 rings (SSSR count). The van der Waals surface area contributed by atoms with Gasteiger partial charge >= 0.3 is 18.1 Å². The summed E-state index contributed by atoms with van der Waals surface area (Å²) >= 11 is 0. The molecule has 3 saturated heterocycles. The van der Waals surface area contributed by atoms with Crippen LogP contribution in [0.25, 0.3) is 44.0 Å². The highest BCUT2D eigenvalue weighted by molar-refractivity contribution is 7.89. The molecule has 0 aliphatic carbocycles. The number of hydrogen-bond donors (Lipinski definition) is 1. The van der Waals surface area contributed by atoms with Gasteiger partial charge in [0.15, 0.2) is 12.6 Å². The largest absolute Gasteiger partial charge is 0.494 e. The molecule has 5 atom stereocenters. The average Bonchev–Trinajstić information content (AvgIpc) is 1.56. The lowest BCUT2D eigenvalue weighted by atomic mass is 9.86. The van der Waals surface area contributed by atoms with E-state index >= 15 is 8.78 Å². The van der Waals surface area contributed by atoms with Crippen molar-refractivity contribution in [2.75, 3.05) is 98.7 Å². The van der Waals surface area contributed by atoms with Crippen molar-refractivity contribution < 1.29 is 74.2 Å². The smallest absolute Gasteiger partial charge is 0.410 e. The first-order valence-electron chi connectivity index (χ1n) is 38.2. The molecule has 1 unspecified atom stereocenters. The van der Waals surface area contributed by atoms with Crippen molar-refractivity contribution in [2.45, 2.75) is 178 Å². The number of likely N-dealkylation sites (tertiary alicyclic amines) is 1. The van der Waals surface area contributed by atoms with E-state index in [1.807, 2.05) is 74.9 Å². The first kappa shape index (κ1) is 81.2. The molecule has 7 heterocycles. The molecule has 4 aliphatic heterocycles. The van der Waals surface area contributed by atoms with E-state index < -0.39 is 65.0 Å². The van der Waals surface area contributed by atoms with Crippen LogP contribution in [0.15, 0.2) is 83.9 Å². The fourth-order valence-corrected chi connectivity index (χ4v) is 23.4. The Labute approximate surface area is 649 Å². The molecule has 8 aromatic rings. The monoisotopic (exact) mass is 1560 g/mol. The number of pyridine rings is 1. The molecule has 1 N–H and O–H groups in total. The number of amides is 2. The highest BCUT2D eigenvalue weighted by atomic mass is 32.2. The van der Waals surface area contributed by atoms with Crippen LogP contribution in [0.2, 0.25) is 16.6 Å². The SMILES string of the molecule is CCOC(=O)CC(c1ccc(C)c(CN2C[C@@H](C)Oc3cc(OCCOCCNC(=O)[C@@]4(COc5nc(N6C[C@H]7CC[C@@H](C6)N7C(=O)OC(C)(C)C)c6cnc(-c7cc(OCOC)cc8ccc(F)c(C#C[Si](C(C)C)(C(C)C)C(C)C)c78)c(F)c6n5)CCCN4C)ccc3S2(=O)=O)c1)c1cc(OC)c2c(c1)nnn2C. The predicted molar refractivity (Wildman–Crippen MR) is 421 cm³/mol. The number of likely N-dealkylation sites (N-methyl/N-ethyl adjacent to an activating group) is 1. The highest BCUT2D eigenvalue weighted by Gasteiger charge is 2.49. The summed E-state index contributed by atoms with van der Waals surface area (Å²) in [5, 5.41) is 12.7. The first-order chi connectivity index (χ1) is 52.9. The second-order valence-corrected chi connectivity index (χ2v) is 38.8. The molecule has 3 aromatic heterocycles. The number of halogens is 2. The number of carbonyl (C=O) groups excluding carboxylic acids is 3. The normalized spacial score (nSPS) is 18.9. The number of sulfonamides is 1. The molecule has 2 bridgehead atoms. The number of piperazine rings is 1. The van der Waals surface area contributed by atoms with Gasteiger partial charge in [-0.05, 0) is 168 Å². The van der Waals surface area contributed by atoms with Crippen LogP contribution in [0.5, 0.6) is 29.0 Å². The number of aromatic nitrogens is 6. The topological polar surface area (TPSA) is 263 Å². The molecule has 0 spiro atoms. The summed E-state index contributed by atoms with van der Waals surface area (Å²) in [6.45, 7) is 25.7. The molecule has 3 fully saturated rings. The lowest BCUT2D eigenvalue weighted by Gasteiger charge is -2.42. The summed E-state index contributed by atoms with van der Waals surface area (Å²) in [7, 11) is 0.109. The van der Waals surface area contributed by atoms with Gasteiger partial charge in [-0.1, -0.05) is 76.9 Å². The lowest BCUT2D eigenvalue weighted by molar-refractivity contribution is -0.143. The fourth-order valence-electron chi connectivity index (χ4n) is 16.6. The number of ether oxygens (including phenoxy) is 9. The number of aryl methyl sites for hydroxylation is 2. The van der Waals surface area contributed by atoms with Crippen molar-refractivity contribution in [1.82, 2.24) is 49.4 Å². The molecular weight excluding hydrogens is 1460 g/mol. The number of anilines is 1. The summed E-state index contributed by atoms with van der Waals surface area (Å²) in [4.78, 5) is 62.0. The van der Waals surface area contributed by atoms with Crippen LogP contribution >= 0.6 is 0 Å². The molecule has 111 heavy (non-hydrogen) atoms. The Morgan fingerprint density at radius 3 is 2.29 bits per heavy atom. The Morgan fingerprint density at radius 1 is 0.856 bits per heavy atom. The number of methoxy groups -OCH3 is 2. The first-order valence-corrected chi connectivity index (χ1v) is 41.9. The Hall–Kier alpha value is -9.31. The minimum absolute atomic E-state index is 0.00804. The highest BCUT2D eigenvalue weighted by Crippen LogP contribution is 2.45. The molecule has 25 nitrogen and oxygen atoms in total. The second kappa shape index (κ2) is 33.6. The van der Waals surface area contributed by atoms with Crippen LogP contribution in [0.4, 0.5) is 19.4 Å². The number of fused-ring (bicyclic) bond motifs is 6. The predicted octanol–water partition coefficient (Wildman–Crippen LogP) is 13.0. The van der Waals surface area contributed by atoms with Gasteiger partial charge in [0, 0.05) is 69.5 Å². The van der Waals surface area contributed by atoms with E-state index in [1.54, 1.807) is 67.9 Å². The van der Waals surface area contributed by atoms with E-state index in [4.69, 9.17) is 57.6 Å². The number of hydrogen-bond acceptors (Lipinski definition) is 21. The van der Waals surface area contributed by atoms with Crippen molar-refractivity contribution in [2.24, 2.45) is 7.05 Å². The maximum absolute atomic E-state index is 18.5. The molecule has 0 saturated carbocycles. The van der Waals surface area contributed by atoms with Gasteiger partial charge in [0.2, 0.25) is 15.9 Å². The van der Waals surface area contributed by atoms with Crippen LogP contribution in [-0.4, -0.2) is 202 Å². The van der Waals surface area contributed by atoms with Crippen LogP contribution in [0.1, 0.15) is 142 Å². The molecule has 594 valence electrons. The van der Waals surface area contributed by atoms with E-state index in [-0.39, 0.29) is 145 Å². The van der Waals surface area contributed by atoms with Crippen LogP contribution in [0.3, 0.4) is 0 Å². The number of benzene rings is 5. The zero-order valence-corrected chi connectivity index (χ0v) is 68.2. The Morgan fingerprint density at radius 2 is 1.60 bits per heavy atom. The maximum Gasteiger partial charge on any atom is 0.410 e. The van der Waals surface area contributed by atoms with Crippen molar-refractivity contribution in [1.29, 1.82) is 0 Å². The standard InChI is InChI=1S/C82H103F2N11O14SSi/c1-17-104-71(96)41-63(56-37-67-76(69(38-56)102-16)92(14)90-89-67)54-20-19-52(8)57(35-54)44-94-43-53(9)108-68-40-60(24-26-70(68)110(94,99)100)105-33-32-103-31-29-85-78(97)82(28-18-30-91(82)13)47-106-79-87-75-65(77(88-79)93-45-58-22-23-59(46-93)95(58)80(98)109-81(10,11)12)42-86-74(73(75)84)64-39-61(107-48-101-15)36-55-21-25-66(83)62(72(55)64)27-34-111(49(2)3,50(4)5)51(6)7/h19-21,24-26,35-40,42,49-51,53,58-59,63H,17-18,22-23,28-33,41,43-48H2,1-16H3,(H,85,97)/t53-,58-,59+,63?,82+/m1/s1. The van der Waals surface area contributed by atoms with Crippen molar-refractivity contribution >= 4 is 74.6 Å². The van der Waals surface area contributed by atoms with Gasteiger partial charge in [-0.25, -0.2) is 26.7 Å². The summed E-state index contributed by atoms with van der Waals surface area (Å²) in [5.74, 6) is 2.38. The molecule has 2 amide bonds. The van der Waals surface area contributed by atoms with Gasteiger partial charge in [0.05, 0.1) is 62.9 Å². The summed E-state index contributed by atoms with van der Waals surface area (Å²) in [5.41, 5.74) is 6.92. The van der Waals surface area contributed by atoms with Gasteiger partial charge < -0.3 is 52.8 Å². The van der Waals surface area contributed by atoms with Crippen molar-refractivity contribution in [3.63, 3.8) is 0 Å². The van der Waals surface area contributed by atoms with E-state index in [0.29, 0.717) is 90.2 Å². The Kier molecular flexibility index (Phi) is 24.5. The molecule has 29 heteroatoms. The second-order valence-electron chi connectivity index (χ2n) is 31.3. The fraction of sp³-hybridized carbons (Fsp3) is 0.512. The third kappa shape index (κ3) is 16.8. The van der Waals surface area contributed by atoms with Crippen molar-refractivity contribution in [3.8, 4) is 51.7 Å². The Bertz CT molecular complexity index is 4960. The van der Waals surface area contributed by atoms with Gasteiger partial charge in [0.25, 0.3) is 0 Å². The molecule has 0 radical (unpaired) electrons. The number of rotatable bonds is 27. The number of carbonyl (C=O) groups is 3. The number of nitrogens with one attached hydrogen (secondary N) is 1. The van der Waals surface area contributed by atoms with E-state index in [2.05, 4.69) is 68.6 Å². The quantitative estimate of drug-likeness (QED) is 0.0165. The van der Waals surface area contributed by atoms with Gasteiger partial charge in [-0.2, -0.15) is 14.3 Å². The summed E-state index contributed by atoms with van der Waals surface area (Å²) < 4.78 is 121. The Balaban J connectivity index is 0.748. The number of nitrogens with zero attached hydrogens (tertiary/aromatic N) is 10. The molecule has 4 aliphatic rings. The van der Waals surface area contributed by atoms with E-state index in [0.717, 1.165) is 22.3 Å². The number of esters is 1. The zero-order valence-electron chi connectivity index (χ0n) is 66.4. The molecular formula is C82H103F2N11O14SSi. The van der Waals surface area contributed by atoms with E-state index in [9.17, 15) is 22.8 Å². The third-order valence-electron chi connectivity index (χ3n) is 22.1. The maximum atomic E-state index is 18.5. The van der Waals surface area contributed by atoms with E-state index in [1.165, 1.54) is 29.7 Å². The lowest BCUT2D eigenvalue weighted by Crippen LogP contribution is -2.58. The zero-order chi connectivity index (χ0) is 79.6. The van der Waals surface area contributed by atoms with Crippen LogP contribution in [0, 0.1) is 30.0 Å². The minimum Gasteiger partial charge on any atom is -0.494 e. The van der Waals surface area contributed by atoms with Gasteiger partial charge in [0.1, 0.15) is 100 Å². The van der Waals surface area contributed by atoms with Gasteiger partial charge in [-0.3, -0.25) is 24.4 Å². The average molecular weight is 1560 g/mol. The van der Waals surface area contributed by atoms with Crippen molar-refractivity contribution in [3.05, 3.63) is 118 Å². The van der Waals surface area contributed by atoms with Gasteiger partial charge in [-0.15, -0.1) is 10.6 Å². The molecule has 5 aromatic carbocycles. The minimum atomic E-state index is -4.14. The summed E-state index contributed by atoms with van der Waals surface area (Å²) in [6, 6.07) is 19.8. The van der Waals surface area contributed by atoms with Crippen LogP contribution < -0.4 is 33.9 Å².